The maximum Gasteiger partial charge on any atom is 0.573 e. The smallest absolute Gasteiger partial charge is 0.508 e. The molecule has 1 heterocycles. The lowest BCUT2D eigenvalue weighted by Gasteiger charge is -2.55. The van der Waals surface area contributed by atoms with Crippen LogP contribution in [0.4, 0.5) is 45.2 Å². The van der Waals surface area contributed by atoms with E-state index in [2.05, 4.69) is 4.74 Å². The zero-order chi connectivity index (χ0) is 42.4. The third kappa shape index (κ3) is 6.48. The molecule has 0 radical (unpaired) electrons. The molecule has 6 atom stereocenters. The van der Waals surface area contributed by atoms with Crippen molar-refractivity contribution in [3.63, 3.8) is 0 Å². The predicted octanol–water partition coefficient (Wildman–Crippen LogP) is 9.36. The lowest BCUT2D eigenvalue weighted by Crippen LogP contribution is -2.58. The van der Waals surface area contributed by atoms with Crippen LogP contribution in [0.15, 0.2) is 115 Å². The van der Waals surface area contributed by atoms with Gasteiger partial charge in [0.05, 0.1) is 34.1 Å². The van der Waals surface area contributed by atoms with Crippen LogP contribution >= 0.6 is 0 Å². The predicted molar refractivity (Wildman–Crippen MR) is 190 cm³/mol. The zero-order valence-corrected chi connectivity index (χ0v) is 30.0. The summed E-state index contributed by atoms with van der Waals surface area (Å²) in [4.78, 5) is 59.0. The Morgan fingerprint density at radius 1 is 0.712 bits per heavy atom. The van der Waals surface area contributed by atoms with E-state index in [1.165, 1.54) is 18.2 Å². The van der Waals surface area contributed by atoms with Crippen LogP contribution in [0.3, 0.4) is 0 Å². The van der Waals surface area contributed by atoms with E-state index >= 15 is 9.59 Å². The number of carbonyl (C=O) groups excluding carboxylic acids is 4. The van der Waals surface area contributed by atoms with Crippen molar-refractivity contribution in [2.45, 2.75) is 42.9 Å². The summed E-state index contributed by atoms with van der Waals surface area (Å²) in [5, 5.41) is 11.5. The number of anilines is 1. The molecule has 6 unspecified atom stereocenters. The molecule has 16 heteroatoms. The van der Waals surface area contributed by atoms with E-state index < -0.39 is 105 Å². The Morgan fingerprint density at radius 2 is 1.32 bits per heavy atom. The standard InChI is InChI=1S/C43H28F9NO6/c44-41(45,46)23-15-24(42(47,48)49)17-25(16-23)53-38(57)28-13-12-27-30(35(28)39(53)58)19-32-37(56)29(21-7-3-1-4-8-21)20-34(55)40(32,22-9-5-2-6-10-22)36(27)31-18-26(11-14-33(31)54)59-43(50,51)52/h1-12,14-18,20,28,30,32,35-36,54H,13,19H2. The quantitative estimate of drug-likeness (QED) is 0.122. The van der Waals surface area contributed by atoms with Crippen molar-refractivity contribution < 1.29 is 68.5 Å². The summed E-state index contributed by atoms with van der Waals surface area (Å²) >= 11 is 0. The van der Waals surface area contributed by atoms with Gasteiger partial charge in [-0.25, -0.2) is 4.90 Å². The van der Waals surface area contributed by atoms with Crippen molar-refractivity contribution in [2.75, 3.05) is 4.90 Å². The van der Waals surface area contributed by atoms with Gasteiger partial charge in [-0.15, -0.1) is 13.2 Å². The molecule has 1 aliphatic heterocycles. The molecule has 7 nitrogen and oxygen atoms in total. The Labute approximate surface area is 328 Å². The minimum absolute atomic E-state index is 0.0387. The average Bonchev–Trinajstić information content (AvgIpc) is 3.44. The molecule has 4 aliphatic rings. The molecule has 8 rings (SSSR count). The number of halogens is 9. The number of aromatic hydroxyl groups is 1. The molecule has 0 spiro atoms. The molecule has 1 saturated carbocycles. The molecule has 59 heavy (non-hydrogen) atoms. The number of hydrogen-bond acceptors (Lipinski definition) is 6. The Balaban J connectivity index is 1.35. The van der Waals surface area contributed by atoms with Gasteiger partial charge in [0.25, 0.3) is 0 Å². The molecule has 4 aromatic carbocycles. The summed E-state index contributed by atoms with van der Waals surface area (Å²) in [5.74, 6) is -12.1. The van der Waals surface area contributed by atoms with Gasteiger partial charge in [0.2, 0.25) is 11.8 Å². The fourth-order valence-electron chi connectivity index (χ4n) is 9.50. The van der Waals surface area contributed by atoms with Gasteiger partial charge in [-0.3, -0.25) is 19.2 Å². The van der Waals surface area contributed by atoms with Gasteiger partial charge >= 0.3 is 18.7 Å². The first-order valence-electron chi connectivity index (χ1n) is 18.1. The highest BCUT2D eigenvalue weighted by molar-refractivity contribution is 6.32. The zero-order valence-electron chi connectivity index (χ0n) is 30.0. The number of alkyl halides is 9. The normalized spacial score (nSPS) is 25.8. The Bertz CT molecular complexity index is 2440. The lowest BCUT2D eigenvalue weighted by atomic mass is 9.44. The number of allylic oxidation sites excluding steroid dienone is 4. The molecular formula is C43H28F9NO6. The molecule has 1 saturated heterocycles. The van der Waals surface area contributed by atoms with E-state index in [1.54, 1.807) is 48.5 Å². The second kappa shape index (κ2) is 13.7. The topological polar surface area (TPSA) is 101 Å². The molecule has 2 amide bonds. The summed E-state index contributed by atoms with van der Waals surface area (Å²) in [7, 11) is 0. The summed E-state index contributed by atoms with van der Waals surface area (Å²) in [6.45, 7) is 0. The highest BCUT2D eigenvalue weighted by atomic mass is 19.4. The number of nitrogens with zero attached hydrogens (tertiary/aromatic N) is 1. The second-order valence-corrected chi connectivity index (χ2v) is 14.8. The number of rotatable bonds is 5. The highest BCUT2D eigenvalue weighted by Gasteiger charge is 2.66. The molecule has 2 fully saturated rings. The van der Waals surface area contributed by atoms with Crippen LogP contribution in [0.25, 0.3) is 5.57 Å². The van der Waals surface area contributed by atoms with Crippen molar-refractivity contribution >= 4 is 34.6 Å². The number of phenolic OH excluding ortho intramolecular Hbond substituents is 1. The molecular weight excluding hydrogens is 797 g/mol. The molecule has 3 aliphatic carbocycles. The van der Waals surface area contributed by atoms with E-state index in [0.717, 1.165) is 24.3 Å². The lowest BCUT2D eigenvalue weighted by molar-refractivity contribution is -0.274. The number of imide groups is 1. The fraction of sp³-hybridized carbons (Fsp3) is 0.256. The average molecular weight is 826 g/mol. The van der Waals surface area contributed by atoms with E-state index in [9.17, 15) is 54.2 Å². The van der Waals surface area contributed by atoms with Gasteiger partial charge in [0.15, 0.2) is 11.6 Å². The van der Waals surface area contributed by atoms with Crippen LogP contribution in [-0.2, 0) is 36.9 Å². The first-order valence-corrected chi connectivity index (χ1v) is 18.1. The van der Waals surface area contributed by atoms with Gasteiger partial charge in [0, 0.05) is 23.0 Å². The van der Waals surface area contributed by atoms with Crippen LogP contribution in [0.1, 0.15) is 46.6 Å². The third-order valence-corrected chi connectivity index (χ3v) is 11.7. The summed E-state index contributed by atoms with van der Waals surface area (Å²) in [6, 6.07) is 18.8. The monoisotopic (exact) mass is 825 g/mol. The highest BCUT2D eigenvalue weighted by Crippen LogP contribution is 2.65. The number of benzene rings is 4. The molecule has 4 aromatic rings. The van der Waals surface area contributed by atoms with Gasteiger partial charge in [0.1, 0.15) is 11.5 Å². The van der Waals surface area contributed by atoms with E-state index in [-0.39, 0.29) is 58.2 Å². The number of ketones is 2. The SMILES string of the molecule is O=C1C(c2ccccc2)=CC(=O)C2(c3ccccc3)C1CC1C(=CCC3C(=O)N(c4cc(C(F)(F)F)cc(C(F)(F)F)c4)C(=O)C31)C2c1cc(OC(F)(F)F)ccc1O. The maximum absolute atomic E-state index is 15.1. The number of hydrogen-bond donors (Lipinski definition) is 1. The van der Waals surface area contributed by atoms with Crippen molar-refractivity contribution in [3.8, 4) is 11.5 Å². The number of ether oxygens (including phenoxy) is 1. The largest absolute Gasteiger partial charge is 0.573 e. The number of Topliss-reactive ketones (excluding diaryl/α,β-unsaturated/α-hetero) is 1. The summed E-state index contributed by atoms with van der Waals surface area (Å²) in [6.07, 6.45) is -14.0. The fourth-order valence-corrected chi connectivity index (χ4v) is 9.50. The van der Waals surface area contributed by atoms with Gasteiger partial charge in [-0.05, 0) is 72.4 Å². The third-order valence-electron chi connectivity index (χ3n) is 11.7. The number of amides is 2. The number of phenols is 1. The Hall–Kier alpha value is -6.19. The van der Waals surface area contributed by atoms with Crippen LogP contribution < -0.4 is 9.64 Å². The van der Waals surface area contributed by atoms with Gasteiger partial charge in [-0.2, -0.15) is 26.3 Å². The van der Waals surface area contributed by atoms with Crippen LogP contribution in [0, 0.1) is 23.7 Å². The maximum atomic E-state index is 15.1. The number of carbonyl (C=O) groups is 4. The van der Waals surface area contributed by atoms with Crippen LogP contribution in [0.5, 0.6) is 11.5 Å². The van der Waals surface area contributed by atoms with Gasteiger partial charge < -0.3 is 9.84 Å². The van der Waals surface area contributed by atoms with E-state index in [4.69, 9.17) is 0 Å². The van der Waals surface area contributed by atoms with E-state index in [1.807, 2.05) is 0 Å². The van der Waals surface area contributed by atoms with Crippen molar-refractivity contribution in [1.29, 1.82) is 0 Å². The molecule has 0 bridgehead atoms. The Morgan fingerprint density at radius 3 is 1.92 bits per heavy atom. The van der Waals surface area contributed by atoms with Crippen molar-refractivity contribution in [1.82, 2.24) is 0 Å². The first kappa shape index (κ1) is 39.6. The van der Waals surface area contributed by atoms with Crippen LogP contribution in [-0.4, -0.2) is 34.8 Å². The van der Waals surface area contributed by atoms with Crippen molar-refractivity contribution in [3.05, 3.63) is 143 Å². The molecule has 304 valence electrons. The summed E-state index contributed by atoms with van der Waals surface area (Å²) in [5.41, 5.74) is -6.19. The first-order chi connectivity index (χ1) is 27.7. The second-order valence-electron chi connectivity index (χ2n) is 14.8. The number of fused-ring (bicyclic) bond motifs is 4. The minimum Gasteiger partial charge on any atom is -0.508 e. The molecule has 1 N–H and O–H groups in total. The summed E-state index contributed by atoms with van der Waals surface area (Å²) < 4.78 is 129. The molecule has 0 aromatic heterocycles. The minimum atomic E-state index is -5.31. The Kier molecular flexibility index (Phi) is 9.20. The van der Waals surface area contributed by atoms with Gasteiger partial charge in [-0.1, -0.05) is 72.3 Å². The van der Waals surface area contributed by atoms with Crippen LogP contribution in [0.2, 0.25) is 0 Å². The van der Waals surface area contributed by atoms with E-state index in [0.29, 0.717) is 5.56 Å². The van der Waals surface area contributed by atoms with Crippen molar-refractivity contribution in [2.24, 2.45) is 23.7 Å².